The Hall–Kier alpha value is -1.57. The van der Waals surface area contributed by atoms with E-state index in [2.05, 4.69) is 4.99 Å². The number of imide groups is 1. The third-order valence-electron chi connectivity index (χ3n) is 1.82. The van der Waals surface area contributed by atoms with E-state index >= 15 is 0 Å². The maximum absolute atomic E-state index is 11.4. The van der Waals surface area contributed by atoms with Crippen LogP contribution < -0.4 is 11.5 Å². The van der Waals surface area contributed by atoms with Gasteiger partial charge in [-0.25, -0.2) is 0 Å². The summed E-state index contributed by atoms with van der Waals surface area (Å²) in [5.41, 5.74) is 10.1. The molecule has 0 saturated carbocycles. The molecule has 1 unspecified atom stereocenters. The number of guanidine groups is 1. The summed E-state index contributed by atoms with van der Waals surface area (Å²) >= 11 is 0.875. The molecule has 7 nitrogen and oxygen atoms in total. The fourth-order valence-corrected chi connectivity index (χ4v) is 2.00. The molecule has 0 aromatic rings. The van der Waals surface area contributed by atoms with Gasteiger partial charge in [-0.15, -0.1) is 0 Å². The van der Waals surface area contributed by atoms with Crippen molar-refractivity contribution in [3.63, 3.8) is 0 Å². The van der Waals surface area contributed by atoms with Crippen LogP contribution in [0.5, 0.6) is 0 Å². The van der Waals surface area contributed by atoms with Gasteiger partial charge >= 0.3 is 0 Å². The zero-order chi connectivity index (χ0) is 11.6. The van der Waals surface area contributed by atoms with Gasteiger partial charge < -0.3 is 11.5 Å². The zero-order valence-electron chi connectivity index (χ0n) is 8.06. The summed E-state index contributed by atoms with van der Waals surface area (Å²) < 4.78 is 0. The molecular formula is C7H11N5O2S. The first-order chi connectivity index (χ1) is 6.91. The third-order valence-corrected chi connectivity index (χ3v) is 2.79. The SMILES string of the molecule is CN1C(=O)CC(SC(=N)N=C(N)N)C1=O. The quantitative estimate of drug-likeness (QED) is 0.292. The molecule has 0 aromatic heterocycles. The molecule has 1 aliphatic heterocycles. The lowest BCUT2D eigenvalue weighted by Gasteiger charge is -2.06. The lowest BCUT2D eigenvalue weighted by molar-refractivity contribution is -0.136. The lowest BCUT2D eigenvalue weighted by atomic mass is 10.4. The molecule has 0 spiro atoms. The van der Waals surface area contributed by atoms with Crippen molar-refractivity contribution in [1.82, 2.24) is 4.90 Å². The Morgan fingerprint density at radius 1 is 1.60 bits per heavy atom. The average Bonchev–Trinajstić information content (AvgIpc) is 2.32. The highest BCUT2D eigenvalue weighted by Crippen LogP contribution is 2.24. The van der Waals surface area contributed by atoms with Crippen molar-refractivity contribution in [3.8, 4) is 0 Å². The Bertz CT molecular complexity index is 349. The van der Waals surface area contributed by atoms with E-state index in [0.29, 0.717) is 0 Å². The van der Waals surface area contributed by atoms with E-state index in [1.165, 1.54) is 7.05 Å². The number of nitrogens with two attached hydrogens (primary N) is 2. The molecule has 0 aromatic carbocycles. The number of nitrogens with one attached hydrogen (secondary N) is 1. The van der Waals surface area contributed by atoms with Crippen molar-refractivity contribution < 1.29 is 9.59 Å². The number of amides is 2. The second-order valence-corrected chi connectivity index (χ2v) is 4.13. The van der Waals surface area contributed by atoms with Gasteiger partial charge in [0, 0.05) is 13.5 Å². The topological polar surface area (TPSA) is 126 Å². The molecule has 0 aliphatic carbocycles. The van der Waals surface area contributed by atoms with E-state index in [9.17, 15) is 9.59 Å². The number of amidine groups is 1. The van der Waals surface area contributed by atoms with Gasteiger partial charge in [-0.05, 0) is 0 Å². The van der Waals surface area contributed by atoms with E-state index in [-0.39, 0.29) is 29.4 Å². The van der Waals surface area contributed by atoms with E-state index in [0.717, 1.165) is 16.7 Å². The number of nitrogens with zero attached hydrogens (tertiary/aromatic N) is 2. The van der Waals surface area contributed by atoms with Crippen LogP contribution in [-0.4, -0.2) is 40.1 Å². The van der Waals surface area contributed by atoms with Gasteiger partial charge in [0.2, 0.25) is 11.8 Å². The van der Waals surface area contributed by atoms with Gasteiger partial charge in [0.05, 0.1) is 0 Å². The summed E-state index contributed by atoms with van der Waals surface area (Å²) in [5, 5.41) is 6.58. The number of hydrogen-bond acceptors (Lipinski definition) is 4. The van der Waals surface area contributed by atoms with Crippen LogP contribution in [-0.2, 0) is 9.59 Å². The monoisotopic (exact) mass is 229 g/mol. The van der Waals surface area contributed by atoms with E-state index in [1.807, 2.05) is 0 Å². The van der Waals surface area contributed by atoms with E-state index in [1.54, 1.807) is 0 Å². The number of aliphatic imine (C=N–C) groups is 1. The summed E-state index contributed by atoms with van der Waals surface area (Å²) in [7, 11) is 1.41. The number of rotatable bonds is 1. The molecular weight excluding hydrogens is 218 g/mol. The molecule has 1 fully saturated rings. The molecule has 8 heteroatoms. The first-order valence-electron chi connectivity index (χ1n) is 4.07. The molecule has 1 saturated heterocycles. The highest BCUT2D eigenvalue weighted by molar-refractivity contribution is 8.14. The van der Waals surface area contributed by atoms with Crippen LogP contribution in [0.4, 0.5) is 0 Å². The Morgan fingerprint density at radius 2 is 2.20 bits per heavy atom. The van der Waals surface area contributed by atoms with E-state index in [4.69, 9.17) is 16.9 Å². The summed E-state index contributed by atoms with van der Waals surface area (Å²) in [6.45, 7) is 0. The lowest BCUT2D eigenvalue weighted by Crippen LogP contribution is -2.27. The van der Waals surface area contributed by atoms with Gasteiger partial charge in [0.25, 0.3) is 0 Å². The van der Waals surface area contributed by atoms with Crippen molar-refractivity contribution in [1.29, 1.82) is 5.41 Å². The fraction of sp³-hybridized carbons (Fsp3) is 0.429. The molecule has 1 heterocycles. The number of carbonyl (C=O) groups is 2. The first kappa shape index (κ1) is 11.5. The maximum Gasteiger partial charge on any atom is 0.243 e. The smallest absolute Gasteiger partial charge is 0.243 e. The van der Waals surface area contributed by atoms with Crippen LogP contribution in [0.15, 0.2) is 4.99 Å². The summed E-state index contributed by atoms with van der Waals surface area (Å²) in [5.74, 6) is -0.812. The van der Waals surface area contributed by atoms with Gasteiger partial charge in [-0.3, -0.25) is 19.9 Å². The highest BCUT2D eigenvalue weighted by Gasteiger charge is 2.37. The van der Waals surface area contributed by atoms with Gasteiger partial charge in [0.1, 0.15) is 5.25 Å². The van der Waals surface area contributed by atoms with Gasteiger partial charge in [0.15, 0.2) is 11.1 Å². The molecule has 82 valence electrons. The Balaban J connectivity index is 2.62. The minimum atomic E-state index is -0.585. The zero-order valence-corrected chi connectivity index (χ0v) is 8.87. The fourth-order valence-electron chi connectivity index (χ4n) is 1.09. The van der Waals surface area contributed by atoms with Crippen molar-refractivity contribution in [2.45, 2.75) is 11.7 Å². The molecule has 1 rings (SSSR count). The van der Waals surface area contributed by atoms with Crippen LogP contribution in [0.2, 0.25) is 0 Å². The molecule has 2 amide bonds. The average molecular weight is 229 g/mol. The van der Waals surface area contributed by atoms with Gasteiger partial charge in [-0.1, -0.05) is 11.8 Å². The predicted octanol–water partition coefficient (Wildman–Crippen LogP) is -1.31. The third kappa shape index (κ3) is 2.69. The van der Waals surface area contributed by atoms with Crippen molar-refractivity contribution in [2.24, 2.45) is 16.5 Å². The second-order valence-electron chi connectivity index (χ2n) is 2.94. The second kappa shape index (κ2) is 4.30. The molecule has 0 radical (unpaired) electrons. The molecule has 0 bridgehead atoms. The molecule has 5 N–H and O–H groups in total. The first-order valence-corrected chi connectivity index (χ1v) is 4.95. The largest absolute Gasteiger partial charge is 0.370 e. The number of hydrogen-bond donors (Lipinski definition) is 3. The van der Waals surface area contributed by atoms with Crippen LogP contribution in [0, 0.1) is 5.41 Å². The number of thioether (sulfide) groups is 1. The Labute approximate surface area is 90.4 Å². The highest BCUT2D eigenvalue weighted by atomic mass is 32.2. The summed E-state index contributed by atoms with van der Waals surface area (Å²) in [6.07, 6.45) is 0.0857. The predicted molar refractivity (Wildman–Crippen MR) is 57.3 cm³/mol. The van der Waals surface area contributed by atoms with Crippen LogP contribution in [0.1, 0.15) is 6.42 Å². The van der Waals surface area contributed by atoms with Crippen LogP contribution in [0.3, 0.4) is 0 Å². The maximum atomic E-state index is 11.4. The molecule has 1 atom stereocenters. The molecule has 1 aliphatic rings. The normalized spacial score (nSPS) is 20.6. The van der Waals surface area contributed by atoms with Gasteiger partial charge in [-0.2, -0.15) is 4.99 Å². The van der Waals surface area contributed by atoms with Crippen LogP contribution in [0.25, 0.3) is 0 Å². The molecule has 15 heavy (non-hydrogen) atoms. The Kier molecular flexibility index (Phi) is 3.30. The minimum Gasteiger partial charge on any atom is -0.370 e. The summed E-state index contributed by atoms with van der Waals surface area (Å²) in [6, 6.07) is 0. The Morgan fingerprint density at radius 3 is 2.60 bits per heavy atom. The summed E-state index contributed by atoms with van der Waals surface area (Å²) in [4.78, 5) is 27.1. The van der Waals surface area contributed by atoms with Crippen molar-refractivity contribution in [2.75, 3.05) is 7.05 Å². The number of likely N-dealkylation sites (tertiary alicyclic amines) is 1. The standard InChI is InChI=1S/C7H11N5O2S/c1-12-4(13)2-3(5(12)14)15-7(10)11-6(8)9/h3H,2H2,1H3,(H5,8,9,10,11). The van der Waals surface area contributed by atoms with E-state index < -0.39 is 5.25 Å². The number of carbonyl (C=O) groups excluding carboxylic acids is 2. The minimum absolute atomic E-state index is 0.0857. The van der Waals surface area contributed by atoms with Crippen molar-refractivity contribution in [3.05, 3.63) is 0 Å². The van der Waals surface area contributed by atoms with Crippen molar-refractivity contribution >= 4 is 34.7 Å². The van der Waals surface area contributed by atoms with Crippen LogP contribution >= 0.6 is 11.8 Å².